The Morgan fingerprint density at radius 3 is 2.73 bits per heavy atom. The smallest absolute Gasteiger partial charge is 0.240 e. The fourth-order valence-corrected chi connectivity index (χ4v) is 3.88. The molecule has 1 aromatic rings. The number of hydrogen-bond donors (Lipinski definition) is 3. The van der Waals surface area contributed by atoms with Gasteiger partial charge in [-0.25, -0.2) is 13.1 Å². The molecule has 3 N–H and O–H groups in total. The van der Waals surface area contributed by atoms with Gasteiger partial charge in [0.15, 0.2) is 5.96 Å². The Hall–Kier alpha value is -0.620. The quantitative estimate of drug-likeness (QED) is 0.223. The van der Waals surface area contributed by atoms with E-state index in [1.165, 1.54) is 12.1 Å². The van der Waals surface area contributed by atoms with Crippen molar-refractivity contribution in [1.29, 1.82) is 0 Å². The van der Waals surface area contributed by atoms with Crippen LogP contribution in [0.5, 0.6) is 0 Å². The van der Waals surface area contributed by atoms with Gasteiger partial charge in [-0.05, 0) is 38.0 Å². The number of ether oxygens (including phenoxy) is 1. The van der Waals surface area contributed by atoms with Crippen molar-refractivity contribution in [3.8, 4) is 0 Å². The average molecular weight is 517 g/mol. The topological polar surface area (TPSA) is 91.8 Å². The van der Waals surface area contributed by atoms with E-state index in [4.69, 9.17) is 16.3 Å². The molecule has 0 spiro atoms. The molecule has 7 nitrogen and oxygen atoms in total. The van der Waals surface area contributed by atoms with Crippen molar-refractivity contribution < 1.29 is 13.2 Å². The molecule has 0 aliphatic carbocycles. The Labute approximate surface area is 177 Å². The van der Waals surface area contributed by atoms with Crippen LogP contribution in [-0.2, 0) is 14.8 Å². The first-order valence-corrected chi connectivity index (χ1v) is 10.0. The Balaban J connectivity index is 0.00000338. The van der Waals surface area contributed by atoms with Crippen LogP contribution in [-0.4, -0.2) is 53.3 Å². The second kappa shape index (κ2) is 10.6. The van der Waals surface area contributed by atoms with Gasteiger partial charge in [0.1, 0.15) is 0 Å². The second-order valence-electron chi connectivity index (χ2n) is 6.11. The minimum Gasteiger partial charge on any atom is -0.373 e. The number of nitrogens with zero attached hydrogens (tertiary/aromatic N) is 1. The van der Waals surface area contributed by atoms with Gasteiger partial charge in [0.2, 0.25) is 10.0 Å². The van der Waals surface area contributed by atoms with E-state index in [0.29, 0.717) is 24.1 Å². The maximum Gasteiger partial charge on any atom is 0.240 e. The molecular weight excluding hydrogens is 491 g/mol. The summed E-state index contributed by atoms with van der Waals surface area (Å²) in [4.78, 5) is 4.28. The van der Waals surface area contributed by atoms with E-state index in [-0.39, 0.29) is 41.0 Å². The van der Waals surface area contributed by atoms with E-state index >= 15 is 0 Å². The molecule has 1 fully saturated rings. The highest BCUT2D eigenvalue weighted by atomic mass is 127. The van der Waals surface area contributed by atoms with Crippen molar-refractivity contribution in [2.45, 2.75) is 30.3 Å². The van der Waals surface area contributed by atoms with Gasteiger partial charge in [-0.1, -0.05) is 17.7 Å². The van der Waals surface area contributed by atoms with Crippen molar-refractivity contribution >= 4 is 51.6 Å². The average Bonchev–Trinajstić information content (AvgIpc) is 3.01. The first-order valence-electron chi connectivity index (χ1n) is 8.18. The van der Waals surface area contributed by atoms with Crippen LogP contribution in [0.15, 0.2) is 34.2 Å². The monoisotopic (exact) mass is 516 g/mol. The largest absolute Gasteiger partial charge is 0.373 e. The van der Waals surface area contributed by atoms with Gasteiger partial charge in [-0.15, -0.1) is 24.0 Å². The Morgan fingerprint density at radius 1 is 1.35 bits per heavy atom. The zero-order valence-electron chi connectivity index (χ0n) is 14.9. The lowest BCUT2D eigenvalue weighted by Crippen LogP contribution is -2.47. The summed E-state index contributed by atoms with van der Waals surface area (Å²) in [6.45, 7) is 4.14. The third-order valence-corrected chi connectivity index (χ3v) is 5.66. The van der Waals surface area contributed by atoms with Crippen LogP contribution in [0.1, 0.15) is 19.8 Å². The molecule has 1 heterocycles. The van der Waals surface area contributed by atoms with Gasteiger partial charge in [0, 0.05) is 38.3 Å². The summed E-state index contributed by atoms with van der Waals surface area (Å²) < 4.78 is 32.6. The summed E-state index contributed by atoms with van der Waals surface area (Å²) in [5.74, 6) is 0.610. The molecule has 2 rings (SSSR count). The molecule has 0 saturated carbocycles. The van der Waals surface area contributed by atoms with Crippen molar-refractivity contribution in [3.05, 3.63) is 29.3 Å². The number of sulfonamides is 1. The molecule has 0 aromatic heterocycles. The molecule has 1 atom stereocenters. The number of guanidine groups is 1. The number of nitrogens with one attached hydrogen (secondary N) is 3. The van der Waals surface area contributed by atoms with E-state index in [9.17, 15) is 8.42 Å². The molecule has 1 aromatic carbocycles. The molecule has 1 aliphatic rings. The maximum atomic E-state index is 12.2. The first-order chi connectivity index (χ1) is 11.8. The minimum atomic E-state index is -3.58. The molecular formula is C16H26ClIN4O3S. The first kappa shape index (κ1) is 23.4. The van der Waals surface area contributed by atoms with Crippen molar-refractivity contribution in [1.82, 2.24) is 15.4 Å². The van der Waals surface area contributed by atoms with Gasteiger partial charge >= 0.3 is 0 Å². The minimum absolute atomic E-state index is 0. The summed E-state index contributed by atoms with van der Waals surface area (Å²) in [5.41, 5.74) is -0.175. The highest BCUT2D eigenvalue weighted by Gasteiger charge is 2.29. The van der Waals surface area contributed by atoms with E-state index in [0.717, 1.165) is 19.4 Å². The van der Waals surface area contributed by atoms with Gasteiger partial charge < -0.3 is 15.4 Å². The fraction of sp³-hybridized carbons (Fsp3) is 0.562. The molecule has 0 amide bonds. The Kier molecular flexibility index (Phi) is 9.59. The lowest BCUT2D eigenvalue weighted by Gasteiger charge is -2.24. The summed E-state index contributed by atoms with van der Waals surface area (Å²) in [5, 5.41) is 6.67. The van der Waals surface area contributed by atoms with E-state index < -0.39 is 10.0 Å². The number of rotatable bonds is 7. The number of aliphatic imine (C=N–C) groups is 1. The molecule has 0 radical (unpaired) electrons. The van der Waals surface area contributed by atoms with E-state index in [1.807, 2.05) is 0 Å². The van der Waals surface area contributed by atoms with Gasteiger partial charge in [-0.2, -0.15) is 0 Å². The predicted molar refractivity (Wildman–Crippen MR) is 115 cm³/mol. The molecule has 1 unspecified atom stereocenters. The molecule has 10 heteroatoms. The van der Waals surface area contributed by atoms with Gasteiger partial charge in [0.25, 0.3) is 0 Å². The lowest BCUT2D eigenvalue weighted by atomic mass is 10.0. The fourth-order valence-electron chi connectivity index (χ4n) is 2.55. The second-order valence-corrected chi connectivity index (χ2v) is 8.31. The molecule has 0 bridgehead atoms. The van der Waals surface area contributed by atoms with Crippen molar-refractivity contribution in [2.24, 2.45) is 4.99 Å². The van der Waals surface area contributed by atoms with Crippen LogP contribution in [0.25, 0.3) is 0 Å². The molecule has 26 heavy (non-hydrogen) atoms. The Morgan fingerprint density at radius 2 is 2.12 bits per heavy atom. The SMILES string of the molecule is CN=C(NCCNS(=O)(=O)c1cccc(Cl)c1)NCC1(C)CCCO1.I. The summed E-state index contributed by atoms with van der Waals surface area (Å²) >= 11 is 5.83. The van der Waals surface area contributed by atoms with Crippen molar-refractivity contribution in [2.75, 3.05) is 33.3 Å². The van der Waals surface area contributed by atoms with Crippen molar-refractivity contribution in [3.63, 3.8) is 0 Å². The standard InChI is InChI=1S/C16H25ClN4O3S.HI/c1-16(7-4-10-24-16)12-20-15(18-2)19-8-9-21-25(22,23)14-6-3-5-13(17)11-14;/h3,5-6,11,21H,4,7-10,12H2,1-2H3,(H2,18,19,20);1H. The highest BCUT2D eigenvalue weighted by molar-refractivity contribution is 14.0. The van der Waals surface area contributed by atoms with Crippen LogP contribution in [0.3, 0.4) is 0 Å². The van der Waals surface area contributed by atoms with Crippen LogP contribution >= 0.6 is 35.6 Å². The van der Waals surface area contributed by atoms with Gasteiger partial charge in [0.05, 0.1) is 10.5 Å². The van der Waals surface area contributed by atoms with E-state index in [1.54, 1.807) is 19.2 Å². The lowest BCUT2D eigenvalue weighted by molar-refractivity contribution is 0.0243. The molecule has 1 saturated heterocycles. The normalized spacial score (nSPS) is 20.5. The summed E-state index contributed by atoms with van der Waals surface area (Å²) in [7, 11) is -1.91. The van der Waals surface area contributed by atoms with Crippen LogP contribution in [0.2, 0.25) is 5.02 Å². The van der Waals surface area contributed by atoms with Crippen LogP contribution in [0, 0.1) is 0 Å². The zero-order chi connectivity index (χ0) is 18.3. The van der Waals surface area contributed by atoms with Gasteiger partial charge in [-0.3, -0.25) is 4.99 Å². The third kappa shape index (κ3) is 7.18. The Bertz CT molecular complexity index is 709. The number of halogens is 2. The third-order valence-electron chi connectivity index (χ3n) is 3.97. The summed E-state index contributed by atoms with van der Waals surface area (Å²) in [6, 6.07) is 6.16. The van der Waals surface area contributed by atoms with Crippen LogP contribution < -0.4 is 15.4 Å². The molecule has 148 valence electrons. The summed E-state index contributed by atoms with van der Waals surface area (Å²) in [6.07, 6.45) is 2.08. The number of benzene rings is 1. The van der Waals surface area contributed by atoms with E-state index in [2.05, 4.69) is 27.3 Å². The molecule has 1 aliphatic heterocycles. The van der Waals surface area contributed by atoms with Crippen LogP contribution in [0.4, 0.5) is 0 Å². The number of hydrogen-bond acceptors (Lipinski definition) is 4. The maximum absolute atomic E-state index is 12.2. The highest BCUT2D eigenvalue weighted by Crippen LogP contribution is 2.23. The predicted octanol–water partition coefficient (Wildman–Crippen LogP) is 1.97. The zero-order valence-corrected chi connectivity index (χ0v) is 18.8.